The molecule has 2 aromatic carbocycles. The fourth-order valence-electron chi connectivity index (χ4n) is 3.18. The Morgan fingerprint density at radius 3 is 2.41 bits per heavy atom. The van der Waals surface area contributed by atoms with Crippen molar-refractivity contribution in [1.82, 2.24) is 10.2 Å². The molecule has 0 fully saturated rings. The zero-order valence-corrected chi connectivity index (χ0v) is 16.3. The Kier molecular flexibility index (Phi) is 6.68. The highest BCUT2D eigenvalue weighted by Crippen LogP contribution is 2.27. The highest BCUT2D eigenvalue weighted by molar-refractivity contribution is 5.95. The highest BCUT2D eigenvalue weighted by atomic mass is 16.5. The van der Waals surface area contributed by atoms with E-state index in [4.69, 9.17) is 4.74 Å². The van der Waals surface area contributed by atoms with Crippen LogP contribution in [0, 0.1) is 0 Å². The lowest BCUT2D eigenvalue weighted by atomic mass is 10.1. The largest absolute Gasteiger partial charge is 0.488 e. The molecule has 0 radical (unpaired) electrons. The van der Waals surface area contributed by atoms with Crippen molar-refractivity contribution in [3.8, 4) is 5.75 Å². The molecule has 0 saturated carbocycles. The molecule has 1 aliphatic heterocycles. The van der Waals surface area contributed by atoms with Gasteiger partial charge in [-0.25, -0.2) is 4.79 Å². The second-order valence-electron chi connectivity index (χ2n) is 6.75. The van der Waals surface area contributed by atoms with Crippen LogP contribution in [0.2, 0.25) is 0 Å². The molecule has 6 heteroatoms. The second kappa shape index (κ2) is 9.59. The minimum Gasteiger partial charge on any atom is -0.488 e. The molecule has 3 rings (SSSR count). The van der Waals surface area contributed by atoms with Crippen molar-refractivity contribution in [2.75, 3.05) is 25.0 Å². The number of benzene rings is 2. The van der Waals surface area contributed by atoms with Gasteiger partial charge in [0.2, 0.25) is 0 Å². The van der Waals surface area contributed by atoms with E-state index in [1.807, 2.05) is 24.3 Å². The van der Waals surface area contributed by atoms with Gasteiger partial charge in [0.25, 0.3) is 5.91 Å². The van der Waals surface area contributed by atoms with E-state index in [-0.39, 0.29) is 18.0 Å². The summed E-state index contributed by atoms with van der Waals surface area (Å²) in [7, 11) is 0. The van der Waals surface area contributed by atoms with Crippen LogP contribution in [-0.2, 0) is 6.42 Å². The van der Waals surface area contributed by atoms with E-state index in [9.17, 15) is 9.59 Å². The summed E-state index contributed by atoms with van der Waals surface area (Å²) in [6.45, 7) is 8.65. The lowest BCUT2D eigenvalue weighted by molar-refractivity contribution is 0.0791. The van der Waals surface area contributed by atoms with Gasteiger partial charge in [-0.3, -0.25) is 4.79 Å². The van der Waals surface area contributed by atoms with Crippen molar-refractivity contribution in [3.63, 3.8) is 0 Å². The predicted octanol–water partition coefficient (Wildman–Crippen LogP) is 3.63. The molecule has 2 N–H and O–H groups in total. The molecule has 0 saturated heterocycles. The number of hydrogen-bond acceptors (Lipinski definition) is 3. The lowest BCUT2D eigenvalue weighted by Gasteiger charge is -2.19. The van der Waals surface area contributed by atoms with E-state index in [2.05, 4.69) is 23.8 Å². The van der Waals surface area contributed by atoms with Gasteiger partial charge in [-0.2, -0.15) is 0 Å². The van der Waals surface area contributed by atoms with Crippen LogP contribution in [0.1, 0.15) is 15.9 Å². The van der Waals surface area contributed by atoms with Gasteiger partial charge in [0.05, 0.1) is 6.54 Å². The van der Waals surface area contributed by atoms with Gasteiger partial charge >= 0.3 is 6.03 Å². The number of hydrogen-bond donors (Lipinski definition) is 2. The Hall–Kier alpha value is -3.54. The third-order valence-corrected chi connectivity index (χ3v) is 4.58. The van der Waals surface area contributed by atoms with E-state index in [1.165, 1.54) is 0 Å². The number of anilines is 1. The Bertz CT molecular complexity index is 857. The van der Waals surface area contributed by atoms with Crippen LogP contribution in [0.5, 0.6) is 5.75 Å². The maximum atomic E-state index is 12.5. The van der Waals surface area contributed by atoms with E-state index < -0.39 is 0 Å². The van der Waals surface area contributed by atoms with E-state index in [1.54, 1.807) is 41.3 Å². The van der Waals surface area contributed by atoms with Gasteiger partial charge in [-0.15, -0.1) is 13.2 Å². The first-order valence-corrected chi connectivity index (χ1v) is 9.51. The quantitative estimate of drug-likeness (QED) is 0.675. The second-order valence-corrected chi connectivity index (χ2v) is 6.75. The summed E-state index contributed by atoms with van der Waals surface area (Å²) in [5.74, 6) is 0.765. The summed E-state index contributed by atoms with van der Waals surface area (Å²) in [6.07, 6.45) is 4.06. The molecule has 150 valence electrons. The van der Waals surface area contributed by atoms with Crippen LogP contribution in [0.3, 0.4) is 0 Å². The number of para-hydroxylation sites is 1. The average molecular weight is 391 g/mol. The van der Waals surface area contributed by atoms with Crippen molar-refractivity contribution in [1.29, 1.82) is 0 Å². The molecule has 0 aromatic heterocycles. The maximum Gasteiger partial charge on any atom is 0.319 e. The zero-order valence-electron chi connectivity index (χ0n) is 16.3. The third-order valence-electron chi connectivity index (χ3n) is 4.58. The summed E-state index contributed by atoms with van der Waals surface area (Å²) >= 11 is 0. The fraction of sp³-hybridized carbons (Fsp3) is 0.217. The fourth-order valence-corrected chi connectivity index (χ4v) is 3.18. The Morgan fingerprint density at radius 1 is 1.07 bits per heavy atom. The zero-order chi connectivity index (χ0) is 20.6. The summed E-state index contributed by atoms with van der Waals surface area (Å²) in [4.78, 5) is 26.3. The van der Waals surface area contributed by atoms with Crippen LogP contribution in [0.25, 0.3) is 0 Å². The van der Waals surface area contributed by atoms with Gasteiger partial charge < -0.3 is 20.3 Å². The molecule has 0 bridgehead atoms. The van der Waals surface area contributed by atoms with Crippen LogP contribution < -0.4 is 15.4 Å². The van der Waals surface area contributed by atoms with Crippen molar-refractivity contribution in [3.05, 3.63) is 85.0 Å². The number of nitrogens with zero attached hydrogens (tertiary/aromatic N) is 1. The van der Waals surface area contributed by atoms with Crippen LogP contribution in [0.15, 0.2) is 73.8 Å². The van der Waals surface area contributed by atoms with E-state index in [0.717, 1.165) is 17.7 Å². The van der Waals surface area contributed by atoms with Crippen molar-refractivity contribution >= 4 is 17.6 Å². The molecule has 1 unspecified atom stereocenters. The minimum atomic E-state index is -0.316. The topological polar surface area (TPSA) is 70.7 Å². The molecule has 0 spiro atoms. The van der Waals surface area contributed by atoms with Crippen molar-refractivity contribution in [2.45, 2.75) is 12.5 Å². The minimum absolute atomic E-state index is 0.0705. The molecule has 2 aromatic rings. The van der Waals surface area contributed by atoms with Gasteiger partial charge in [-0.1, -0.05) is 30.4 Å². The molecule has 1 atom stereocenters. The molecular weight excluding hydrogens is 366 g/mol. The first-order chi connectivity index (χ1) is 14.1. The number of ether oxygens (including phenoxy) is 1. The summed E-state index contributed by atoms with van der Waals surface area (Å²) in [6, 6.07) is 14.3. The molecule has 1 aliphatic rings. The van der Waals surface area contributed by atoms with Gasteiger partial charge in [0, 0.05) is 30.8 Å². The number of nitrogens with one attached hydrogen (secondary N) is 2. The van der Waals surface area contributed by atoms with E-state index >= 15 is 0 Å². The Morgan fingerprint density at radius 2 is 1.76 bits per heavy atom. The van der Waals surface area contributed by atoms with Crippen LogP contribution >= 0.6 is 0 Å². The van der Waals surface area contributed by atoms with Gasteiger partial charge in [0.1, 0.15) is 11.9 Å². The number of carbonyl (C=O) groups excluding carboxylic acids is 2. The first kappa shape index (κ1) is 20.2. The van der Waals surface area contributed by atoms with E-state index in [0.29, 0.717) is 30.9 Å². The highest BCUT2D eigenvalue weighted by Gasteiger charge is 2.22. The Labute approximate surface area is 170 Å². The van der Waals surface area contributed by atoms with Crippen molar-refractivity contribution in [2.24, 2.45) is 0 Å². The van der Waals surface area contributed by atoms with Crippen LogP contribution in [-0.4, -0.2) is 42.6 Å². The molecule has 3 amide bonds. The average Bonchev–Trinajstić information content (AvgIpc) is 3.15. The number of rotatable bonds is 8. The molecule has 0 aliphatic carbocycles. The molecular formula is C23H25N3O3. The Balaban J connectivity index is 1.49. The smallest absolute Gasteiger partial charge is 0.319 e. The van der Waals surface area contributed by atoms with Crippen LogP contribution in [0.4, 0.5) is 10.5 Å². The SMILES string of the molecule is C=CCN(CC=C)C(=O)c1ccc(NC(=O)NCC2Cc3ccccc3O2)cc1. The lowest BCUT2D eigenvalue weighted by Crippen LogP contribution is -2.37. The normalized spacial score (nSPS) is 14.3. The number of amides is 3. The number of carbonyl (C=O) groups is 2. The number of fused-ring (bicyclic) bond motifs is 1. The summed E-state index contributed by atoms with van der Waals surface area (Å²) < 4.78 is 5.81. The monoisotopic (exact) mass is 391 g/mol. The molecule has 29 heavy (non-hydrogen) atoms. The maximum absolute atomic E-state index is 12.5. The molecule has 6 nitrogen and oxygen atoms in total. The summed E-state index contributed by atoms with van der Waals surface area (Å²) in [5.41, 5.74) is 2.30. The molecule has 1 heterocycles. The first-order valence-electron chi connectivity index (χ1n) is 9.51. The summed E-state index contributed by atoms with van der Waals surface area (Å²) in [5, 5.41) is 5.59. The van der Waals surface area contributed by atoms with Gasteiger partial charge in [-0.05, 0) is 35.9 Å². The van der Waals surface area contributed by atoms with Crippen molar-refractivity contribution < 1.29 is 14.3 Å². The third kappa shape index (κ3) is 5.25. The standard InChI is InChI=1S/C23H25N3O3/c1-3-13-26(14-4-2)22(27)17-9-11-19(12-10-17)25-23(28)24-16-20-15-18-7-5-6-8-21(18)29-20/h3-12,20H,1-2,13-16H2,(H2,24,25,28). The predicted molar refractivity (Wildman–Crippen MR) is 114 cm³/mol. The number of urea groups is 1. The van der Waals surface area contributed by atoms with Gasteiger partial charge in [0.15, 0.2) is 0 Å².